The fourth-order valence-electron chi connectivity index (χ4n) is 2.65. The quantitative estimate of drug-likeness (QED) is 0.462. The first-order chi connectivity index (χ1) is 14.3. The molecule has 1 atom stereocenters. The lowest BCUT2D eigenvalue weighted by atomic mass is 10.1. The molecule has 1 aromatic heterocycles. The lowest BCUT2D eigenvalue weighted by Crippen LogP contribution is -2.24. The van der Waals surface area contributed by atoms with Gasteiger partial charge in [-0.15, -0.1) is 0 Å². The number of hydrogen-bond acceptors (Lipinski definition) is 6. The highest BCUT2D eigenvalue weighted by atomic mass is 16.5. The van der Waals surface area contributed by atoms with Crippen molar-refractivity contribution in [1.29, 1.82) is 0 Å². The summed E-state index contributed by atoms with van der Waals surface area (Å²) in [7, 11) is 0. The van der Waals surface area contributed by atoms with Crippen molar-refractivity contribution in [3.8, 4) is 11.3 Å². The number of nitrogens with one attached hydrogen (secondary N) is 1. The topological polar surface area (TPSA) is 98.5 Å². The molecule has 2 aromatic carbocycles. The highest BCUT2D eigenvalue weighted by Gasteiger charge is 2.21. The van der Waals surface area contributed by atoms with Crippen LogP contribution in [-0.2, 0) is 9.53 Å². The summed E-state index contributed by atoms with van der Waals surface area (Å²) in [6, 6.07) is 13.1. The van der Waals surface area contributed by atoms with E-state index < -0.39 is 12.1 Å². The molecule has 7 nitrogen and oxygen atoms in total. The van der Waals surface area contributed by atoms with E-state index in [1.165, 1.54) is 13.3 Å². The highest BCUT2D eigenvalue weighted by Crippen LogP contribution is 2.20. The summed E-state index contributed by atoms with van der Waals surface area (Å²) in [5, 5.41) is 2.76. The summed E-state index contributed by atoms with van der Waals surface area (Å²) in [5.41, 5.74) is 2.09. The molecule has 0 aliphatic carbocycles. The molecule has 0 saturated carbocycles. The zero-order chi connectivity index (χ0) is 21.7. The van der Waals surface area contributed by atoms with Gasteiger partial charge in [-0.25, -0.2) is 9.78 Å². The van der Waals surface area contributed by atoms with Gasteiger partial charge in [-0.1, -0.05) is 26.0 Å². The van der Waals surface area contributed by atoms with Gasteiger partial charge >= 0.3 is 5.97 Å². The molecule has 0 aliphatic rings. The van der Waals surface area contributed by atoms with E-state index >= 15 is 0 Å². The minimum Gasteiger partial charge on any atom is -0.451 e. The number of Topliss-reactive ketones (excluding diaryl/α,β-unsaturated/α-hetero) is 1. The third-order valence-electron chi connectivity index (χ3n) is 4.45. The van der Waals surface area contributed by atoms with Crippen molar-refractivity contribution in [3.63, 3.8) is 0 Å². The zero-order valence-electron chi connectivity index (χ0n) is 16.9. The first kappa shape index (κ1) is 21.0. The molecule has 3 rings (SSSR count). The van der Waals surface area contributed by atoms with Crippen molar-refractivity contribution in [3.05, 3.63) is 72.2 Å². The Balaban J connectivity index is 1.60. The minimum atomic E-state index is -0.956. The molecule has 0 spiro atoms. The van der Waals surface area contributed by atoms with Gasteiger partial charge in [0.25, 0.3) is 0 Å². The molecule has 1 heterocycles. The first-order valence-electron chi connectivity index (χ1n) is 9.50. The number of amides is 1. The Kier molecular flexibility index (Phi) is 6.41. The molecular weight excluding hydrogens is 384 g/mol. The third kappa shape index (κ3) is 5.00. The van der Waals surface area contributed by atoms with E-state index in [0.717, 1.165) is 5.56 Å². The summed E-state index contributed by atoms with van der Waals surface area (Å²) in [4.78, 5) is 40.5. The van der Waals surface area contributed by atoms with Crippen LogP contribution >= 0.6 is 0 Å². The van der Waals surface area contributed by atoms with Gasteiger partial charge in [-0.3, -0.25) is 9.59 Å². The van der Waals surface area contributed by atoms with Crippen LogP contribution in [0.15, 0.2) is 65.5 Å². The number of benzene rings is 2. The molecule has 0 aliphatic heterocycles. The van der Waals surface area contributed by atoms with Gasteiger partial charge in [0.2, 0.25) is 11.7 Å². The monoisotopic (exact) mass is 406 g/mol. The van der Waals surface area contributed by atoms with Crippen molar-refractivity contribution in [2.75, 3.05) is 5.32 Å². The number of aromatic nitrogens is 1. The fourth-order valence-corrected chi connectivity index (χ4v) is 2.65. The van der Waals surface area contributed by atoms with Gasteiger partial charge in [0.05, 0.1) is 11.8 Å². The smallest absolute Gasteiger partial charge is 0.338 e. The highest BCUT2D eigenvalue weighted by molar-refractivity contribution is 6.02. The number of carbonyl (C=O) groups excluding carboxylic acids is 3. The van der Waals surface area contributed by atoms with Crippen molar-refractivity contribution in [2.24, 2.45) is 5.92 Å². The van der Waals surface area contributed by atoms with Gasteiger partial charge < -0.3 is 14.5 Å². The minimum absolute atomic E-state index is 0.106. The number of anilines is 1. The number of hydrogen-bond donors (Lipinski definition) is 1. The molecular formula is C23H22N2O5. The molecule has 0 bridgehead atoms. The predicted octanol–water partition coefficient (Wildman–Crippen LogP) is 4.36. The summed E-state index contributed by atoms with van der Waals surface area (Å²) < 4.78 is 10.5. The maximum atomic E-state index is 12.6. The number of esters is 1. The van der Waals surface area contributed by atoms with Crippen molar-refractivity contribution >= 4 is 23.3 Å². The van der Waals surface area contributed by atoms with E-state index in [4.69, 9.17) is 9.15 Å². The third-order valence-corrected chi connectivity index (χ3v) is 4.45. The number of ketones is 1. The van der Waals surface area contributed by atoms with Gasteiger partial charge in [0.1, 0.15) is 0 Å². The zero-order valence-corrected chi connectivity index (χ0v) is 16.9. The Morgan fingerprint density at radius 1 is 0.933 bits per heavy atom. The second kappa shape index (κ2) is 9.17. The molecule has 1 unspecified atom stereocenters. The second-order valence-electron chi connectivity index (χ2n) is 7.08. The van der Waals surface area contributed by atoms with Crippen LogP contribution in [0.25, 0.3) is 11.3 Å². The van der Waals surface area contributed by atoms with Crippen molar-refractivity contribution in [2.45, 2.75) is 26.9 Å². The molecule has 0 radical (unpaired) electrons. The summed E-state index contributed by atoms with van der Waals surface area (Å²) in [6.45, 7) is 5.12. The standard InChI is InChI=1S/C23H22N2O5/c1-14(2)22(27)25-19-10-8-17(9-11-19)21(26)15(3)30-23(28)18-6-4-16(5-7-18)20-12-24-13-29-20/h4-15H,1-3H3,(H,25,27). The normalized spacial score (nSPS) is 11.7. The molecule has 30 heavy (non-hydrogen) atoms. The lowest BCUT2D eigenvalue weighted by molar-refractivity contribution is -0.118. The molecule has 7 heteroatoms. The SMILES string of the molecule is CC(C)C(=O)Nc1ccc(C(=O)C(C)OC(=O)c2ccc(-c3cnco3)cc2)cc1. The first-order valence-corrected chi connectivity index (χ1v) is 9.50. The van der Waals surface area contributed by atoms with Gasteiger partial charge in [0, 0.05) is 22.7 Å². The average molecular weight is 406 g/mol. The molecule has 1 N–H and O–H groups in total. The number of oxazole rings is 1. The van der Waals surface area contributed by atoms with E-state index in [9.17, 15) is 14.4 Å². The lowest BCUT2D eigenvalue weighted by Gasteiger charge is -2.13. The van der Waals surface area contributed by atoms with Crippen LogP contribution in [0.4, 0.5) is 5.69 Å². The Labute approximate surface area is 174 Å². The summed E-state index contributed by atoms with van der Waals surface area (Å²) in [6.07, 6.45) is 1.95. The van der Waals surface area contributed by atoms with E-state index in [-0.39, 0.29) is 17.6 Å². The fraction of sp³-hybridized carbons (Fsp3) is 0.217. The number of ether oxygens (including phenoxy) is 1. The number of carbonyl (C=O) groups is 3. The Morgan fingerprint density at radius 3 is 2.13 bits per heavy atom. The van der Waals surface area contributed by atoms with Crippen LogP contribution in [-0.4, -0.2) is 28.7 Å². The molecule has 154 valence electrons. The Hall–Kier alpha value is -3.74. The van der Waals surface area contributed by atoms with Crippen LogP contribution in [0.3, 0.4) is 0 Å². The van der Waals surface area contributed by atoms with Crippen LogP contribution in [0, 0.1) is 5.92 Å². The van der Waals surface area contributed by atoms with Crippen LogP contribution in [0.2, 0.25) is 0 Å². The average Bonchev–Trinajstić information content (AvgIpc) is 3.28. The number of rotatable bonds is 7. The summed E-state index contributed by atoms with van der Waals surface area (Å²) in [5.74, 6) is -0.586. The number of nitrogens with zero attached hydrogens (tertiary/aromatic N) is 1. The van der Waals surface area contributed by atoms with Gasteiger partial charge in [0.15, 0.2) is 18.3 Å². The second-order valence-corrected chi connectivity index (χ2v) is 7.08. The van der Waals surface area contributed by atoms with E-state index in [0.29, 0.717) is 22.6 Å². The van der Waals surface area contributed by atoms with Crippen molar-refractivity contribution < 1.29 is 23.5 Å². The molecule has 3 aromatic rings. The van der Waals surface area contributed by atoms with Gasteiger partial charge in [-0.05, 0) is 43.3 Å². The van der Waals surface area contributed by atoms with Crippen LogP contribution in [0.1, 0.15) is 41.5 Å². The van der Waals surface area contributed by atoms with Crippen molar-refractivity contribution in [1.82, 2.24) is 4.98 Å². The predicted molar refractivity (Wildman–Crippen MR) is 111 cm³/mol. The van der Waals surface area contributed by atoms with E-state index in [2.05, 4.69) is 10.3 Å². The molecule has 0 fully saturated rings. The summed E-state index contributed by atoms with van der Waals surface area (Å²) >= 11 is 0. The Bertz CT molecular complexity index is 1020. The largest absolute Gasteiger partial charge is 0.451 e. The van der Waals surface area contributed by atoms with Gasteiger partial charge in [-0.2, -0.15) is 0 Å². The van der Waals surface area contributed by atoms with E-state index in [1.54, 1.807) is 68.6 Å². The maximum Gasteiger partial charge on any atom is 0.338 e. The molecule has 1 amide bonds. The maximum absolute atomic E-state index is 12.6. The van der Waals surface area contributed by atoms with Crippen LogP contribution in [0.5, 0.6) is 0 Å². The van der Waals surface area contributed by atoms with E-state index in [1.807, 2.05) is 0 Å². The van der Waals surface area contributed by atoms with Crippen LogP contribution < -0.4 is 5.32 Å². The Morgan fingerprint density at radius 2 is 1.57 bits per heavy atom. The molecule has 0 saturated heterocycles.